The number of hydrogen-bond donors (Lipinski definition) is 2. The maximum absolute atomic E-state index is 13.0. The van der Waals surface area contributed by atoms with Crippen LogP contribution < -0.4 is 5.32 Å². The van der Waals surface area contributed by atoms with Gasteiger partial charge in [-0.1, -0.05) is 90.4 Å². The molecule has 0 radical (unpaired) electrons. The van der Waals surface area contributed by atoms with E-state index in [0.29, 0.717) is 32.4 Å². The molecule has 0 saturated carbocycles. The van der Waals surface area contributed by atoms with Crippen LogP contribution in [-0.4, -0.2) is 72.0 Å². The van der Waals surface area contributed by atoms with Crippen LogP contribution in [-0.2, 0) is 19.1 Å². The van der Waals surface area contributed by atoms with Crippen molar-refractivity contribution in [2.75, 3.05) is 19.8 Å². The third-order valence-electron chi connectivity index (χ3n) is 8.07. The van der Waals surface area contributed by atoms with Crippen LogP contribution >= 0.6 is 0 Å². The van der Waals surface area contributed by atoms with Crippen molar-refractivity contribution in [2.45, 2.75) is 187 Å². The number of carbonyl (C=O) groups excluding carboxylic acids is 2. The van der Waals surface area contributed by atoms with Gasteiger partial charge in [0.1, 0.15) is 0 Å². The normalized spacial score (nSPS) is 18.0. The Labute approximate surface area is 252 Å². The van der Waals surface area contributed by atoms with Gasteiger partial charge in [-0.3, -0.25) is 9.59 Å². The summed E-state index contributed by atoms with van der Waals surface area (Å²) in [4.78, 5) is 27.3. The van der Waals surface area contributed by atoms with Gasteiger partial charge in [0.2, 0.25) is 11.8 Å². The molecule has 2 amide bonds. The monoisotopic (exact) mass is 582 g/mol. The number of nitrogens with one attached hydrogen (secondary N) is 1. The quantitative estimate of drug-likeness (QED) is 0.104. The van der Waals surface area contributed by atoms with E-state index in [9.17, 15) is 14.7 Å². The fraction of sp³-hybridized carbons (Fsp3) is 0.941. The minimum absolute atomic E-state index is 0.0319. The molecule has 3 atom stereocenters. The van der Waals surface area contributed by atoms with Gasteiger partial charge in [-0.15, -0.1) is 0 Å². The molecule has 7 nitrogen and oxygen atoms in total. The zero-order valence-corrected chi connectivity index (χ0v) is 27.5. The van der Waals surface area contributed by atoms with Crippen molar-refractivity contribution < 1.29 is 24.2 Å². The van der Waals surface area contributed by atoms with Crippen LogP contribution in [0.1, 0.15) is 157 Å². The van der Waals surface area contributed by atoms with E-state index in [2.05, 4.69) is 12.2 Å². The molecule has 242 valence electrons. The Morgan fingerprint density at radius 3 is 1.90 bits per heavy atom. The summed E-state index contributed by atoms with van der Waals surface area (Å²) in [5.41, 5.74) is 0. The summed E-state index contributed by atoms with van der Waals surface area (Å²) >= 11 is 0. The van der Waals surface area contributed by atoms with Gasteiger partial charge in [-0.2, -0.15) is 0 Å². The molecule has 0 aliphatic carbocycles. The molecule has 1 rings (SSSR count). The van der Waals surface area contributed by atoms with Crippen LogP contribution in [0.25, 0.3) is 0 Å². The number of ether oxygens (including phenoxy) is 2. The number of aliphatic hydroxyl groups is 1. The molecule has 1 heterocycles. The van der Waals surface area contributed by atoms with Gasteiger partial charge in [-0.25, -0.2) is 0 Å². The Bertz CT molecular complexity index is 657. The molecule has 1 fully saturated rings. The SMILES string of the molecule is CCCCCCCCCCCCCCCC(=O)NC(CO)CCCCC(=O)N1C[C@H](OC(C)C)C[C@H]1COC(C)C. The van der Waals surface area contributed by atoms with Crippen molar-refractivity contribution in [1.82, 2.24) is 10.2 Å². The van der Waals surface area contributed by atoms with Gasteiger partial charge >= 0.3 is 0 Å². The maximum Gasteiger partial charge on any atom is 0.222 e. The van der Waals surface area contributed by atoms with E-state index < -0.39 is 0 Å². The predicted molar refractivity (Wildman–Crippen MR) is 169 cm³/mol. The summed E-state index contributed by atoms with van der Waals surface area (Å²) in [5.74, 6) is 0.175. The van der Waals surface area contributed by atoms with Crippen LogP contribution in [0.5, 0.6) is 0 Å². The van der Waals surface area contributed by atoms with Crippen LogP contribution in [0.2, 0.25) is 0 Å². The number of aliphatic hydroxyl groups excluding tert-OH is 1. The molecule has 41 heavy (non-hydrogen) atoms. The molecule has 0 aromatic rings. The summed E-state index contributed by atoms with van der Waals surface area (Å²) in [6.45, 7) is 11.4. The Morgan fingerprint density at radius 2 is 1.37 bits per heavy atom. The smallest absolute Gasteiger partial charge is 0.222 e. The first-order valence-corrected chi connectivity index (χ1v) is 17.2. The highest BCUT2D eigenvalue weighted by molar-refractivity contribution is 5.77. The van der Waals surface area contributed by atoms with Crippen LogP contribution in [0.15, 0.2) is 0 Å². The molecule has 1 saturated heterocycles. The molecular formula is C34H66N2O5. The Morgan fingerprint density at radius 1 is 0.805 bits per heavy atom. The van der Waals surface area contributed by atoms with Crippen LogP contribution in [0.3, 0.4) is 0 Å². The first-order valence-electron chi connectivity index (χ1n) is 17.2. The number of unbranched alkanes of at least 4 members (excludes halogenated alkanes) is 13. The lowest BCUT2D eigenvalue weighted by molar-refractivity contribution is -0.134. The fourth-order valence-electron chi connectivity index (χ4n) is 5.75. The van der Waals surface area contributed by atoms with E-state index in [1.165, 1.54) is 70.6 Å². The Kier molecular flexibility index (Phi) is 22.4. The third kappa shape index (κ3) is 19.6. The zero-order chi connectivity index (χ0) is 30.3. The van der Waals surface area contributed by atoms with Crippen molar-refractivity contribution in [3.05, 3.63) is 0 Å². The number of rotatable bonds is 26. The average Bonchev–Trinajstić information content (AvgIpc) is 3.33. The lowest BCUT2D eigenvalue weighted by atomic mass is 10.0. The van der Waals surface area contributed by atoms with E-state index in [4.69, 9.17) is 9.47 Å². The molecule has 0 aromatic heterocycles. The number of carbonyl (C=O) groups is 2. The first kappa shape index (κ1) is 37.8. The lowest BCUT2D eigenvalue weighted by Crippen LogP contribution is -2.39. The molecule has 0 bridgehead atoms. The zero-order valence-electron chi connectivity index (χ0n) is 27.5. The second-order valence-corrected chi connectivity index (χ2v) is 12.8. The topological polar surface area (TPSA) is 88.1 Å². The van der Waals surface area contributed by atoms with Crippen molar-refractivity contribution >= 4 is 11.8 Å². The predicted octanol–water partition coefficient (Wildman–Crippen LogP) is 7.32. The summed E-state index contributed by atoms with van der Waals surface area (Å²) in [7, 11) is 0. The Hall–Kier alpha value is -1.18. The second kappa shape index (κ2) is 24.3. The largest absolute Gasteiger partial charge is 0.394 e. The summed E-state index contributed by atoms with van der Waals surface area (Å²) in [6.07, 6.45) is 21.1. The first-order chi connectivity index (χ1) is 19.8. The van der Waals surface area contributed by atoms with Gasteiger partial charge < -0.3 is 24.8 Å². The fourth-order valence-corrected chi connectivity index (χ4v) is 5.75. The summed E-state index contributed by atoms with van der Waals surface area (Å²) < 4.78 is 11.8. The third-order valence-corrected chi connectivity index (χ3v) is 8.07. The molecule has 1 aliphatic rings. The van der Waals surface area contributed by atoms with Crippen LogP contribution in [0, 0.1) is 0 Å². The number of amides is 2. The van der Waals surface area contributed by atoms with E-state index in [0.717, 1.165) is 32.1 Å². The minimum atomic E-state index is -0.234. The molecule has 7 heteroatoms. The highest BCUT2D eigenvalue weighted by Crippen LogP contribution is 2.24. The maximum atomic E-state index is 13.0. The van der Waals surface area contributed by atoms with Crippen molar-refractivity contribution in [1.29, 1.82) is 0 Å². The van der Waals surface area contributed by atoms with Gasteiger partial charge in [0.05, 0.1) is 43.6 Å². The van der Waals surface area contributed by atoms with Crippen molar-refractivity contribution in [3.63, 3.8) is 0 Å². The number of nitrogens with zero attached hydrogens (tertiary/aromatic N) is 1. The standard InChI is InChI=1S/C34H66N2O5/c1-6-7-8-9-10-11-12-13-14-15-16-17-18-22-33(38)35-30(26-37)21-19-20-23-34(39)36-25-32(41-29(4)5)24-31(36)27-40-28(2)3/h28-32,37H,6-27H2,1-5H3,(H,35,38)/t30?,31-,32+/m0/s1. The number of hydrogen-bond acceptors (Lipinski definition) is 5. The molecule has 0 aromatic carbocycles. The summed E-state index contributed by atoms with van der Waals surface area (Å²) in [6, 6.07) is -0.175. The summed E-state index contributed by atoms with van der Waals surface area (Å²) in [5, 5.41) is 12.8. The van der Waals surface area contributed by atoms with Crippen molar-refractivity contribution in [2.24, 2.45) is 0 Å². The second-order valence-electron chi connectivity index (χ2n) is 12.8. The number of likely N-dealkylation sites (tertiary alicyclic amines) is 1. The molecular weight excluding hydrogens is 516 g/mol. The van der Waals surface area contributed by atoms with Gasteiger partial charge in [-0.05, 0) is 53.4 Å². The van der Waals surface area contributed by atoms with Gasteiger partial charge in [0.15, 0.2) is 0 Å². The Balaban J connectivity index is 2.15. The van der Waals surface area contributed by atoms with Crippen molar-refractivity contribution in [3.8, 4) is 0 Å². The molecule has 1 aliphatic heterocycles. The van der Waals surface area contributed by atoms with E-state index in [-0.39, 0.29) is 48.8 Å². The van der Waals surface area contributed by atoms with E-state index in [1.54, 1.807) is 0 Å². The van der Waals surface area contributed by atoms with Crippen LogP contribution in [0.4, 0.5) is 0 Å². The highest BCUT2D eigenvalue weighted by atomic mass is 16.5. The van der Waals surface area contributed by atoms with E-state index >= 15 is 0 Å². The van der Waals surface area contributed by atoms with Gasteiger partial charge in [0, 0.05) is 19.4 Å². The average molecular weight is 583 g/mol. The molecule has 2 N–H and O–H groups in total. The molecule has 0 spiro atoms. The highest BCUT2D eigenvalue weighted by Gasteiger charge is 2.36. The van der Waals surface area contributed by atoms with Gasteiger partial charge in [0.25, 0.3) is 0 Å². The molecule has 1 unspecified atom stereocenters. The lowest BCUT2D eigenvalue weighted by Gasteiger charge is -2.25. The van der Waals surface area contributed by atoms with E-state index in [1.807, 2.05) is 32.6 Å². The minimum Gasteiger partial charge on any atom is -0.394 e.